The molecule has 0 aromatic heterocycles. The van der Waals surface area contributed by atoms with Crippen LogP contribution < -0.4 is 4.90 Å². The van der Waals surface area contributed by atoms with E-state index in [0.29, 0.717) is 12.0 Å². The molecule has 0 radical (unpaired) electrons. The number of ether oxygens (including phenoxy) is 1. The van der Waals surface area contributed by atoms with Crippen LogP contribution in [0.5, 0.6) is 0 Å². The summed E-state index contributed by atoms with van der Waals surface area (Å²) in [4.78, 5) is 40.0. The van der Waals surface area contributed by atoms with Crippen LogP contribution in [0.3, 0.4) is 0 Å². The number of carbonyl (C=O) groups excluding carboxylic acids is 3. The second-order valence-corrected chi connectivity index (χ2v) is 7.60. The molecule has 0 bridgehead atoms. The third-order valence-corrected chi connectivity index (χ3v) is 5.67. The molecule has 1 saturated heterocycles. The lowest BCUT2D eigenvalue weighted by Gasteiger charge is -2.23. The van der Waals surface area contributed by atoms with Gasteiger partial charge in [0.15, 0.2) is 6.10 Å². The van der Waals surface area contributed by atoms with Crippen molar-refractivity contribution in [2.75, 3.05) is 11.4 Å². The number of benzene rings is 2. The van der Waals surface area contributed by atoms with E-state index in [1.165, 1.54) is 0 Å². The van der Waals surface area contributed by atoms with Crippen molar-refractivity contribution in [3.05, 3.63) is 65.2 Å². The first-order valence-corrected chi connectivity index (χ1v) is 10.7. The molecule has 1 heterocycles. The highest BCUT2D eigenvalue weighted by Gasteiger charge is 2.39. The smallest absolute Gasteiger partial charge is 0.312 e. The number of amides is 1. The van der Waals surface area contributed by atoms with Gasteiger partial charge < -0.3 is 9.64 Å². The average molecular weight is 408 g/mol. The van der Waals surface area contributed by atoms with E-state index in [4.69, 9.17) is 4.74 Å². The molecule has 30 heavy (non-hydrogen) atoms. The molecule has 0 saturated carbocycles. The summed E-state index contributed by atoms with van der Waals surface area (Å²) in [6.07, 6.45) is 1.29. The zero-order valence-corrected chi connectivity index (χ0v) is 17.9. The summed E-state index contributed by atoms with van der Waals surface area (Å²) in [5, 5.41) is 0. The molecule has 2 atom stereocenters. The average Bonchev–Trinajstić information content (AvgIpc) is 3.18. The summed E-state index contributed by atoms with van der Waals surface area (Å²) in [6.45, 7) is 6.23. The summed E-state index contributed by atoms with van der Waals surface area (Å²) in [6, 6.07) is 14.9. The Morgan fingerprint density at radius 1 is 1.00 bits per heavy atom. The molecular weight excluding hydrogens is 378 g/mol. The molecule has 5 nitrogen and oxygen atoms in total. The van der Waals surface area contributed by atoms with E-state index in [1.807, 2.05) is 31.2 Å². The zero-order valence-electron chi connectivity index (χ0n) is 17.9. The van der Waals surface area contributed by atoms with Gasteiger partial charge in [-0.1, -0.05) is 69.3 Å². The summed E-state index contributed by atoms with van der Waals surface area (Å²) in [5.74, 6) is -1.33. The van der Waals surface area contributed by atoms with Crippen molar-refractivity contribution < 1.29 is 19.1 Å². The number of anilines is 1. The van der Waals surface area contributed by atoms with Crippen LogP contribution in [0.1, 0.15) is 55.1 Å². The molecular formula is C25H29NO4. The first kappa shape index (κ1) is 21.8. The Kier molecular flexibility index (Phi) is 7.03. The van der Waals surface area contributed by atoms with Crippen molar-refractivity contribution in [3.63, 3.8) is 0 Å². The first-order valence-electron chi connectivity index (χ1n) is 10.7. The van der Waals surface area contributed by atoms with Crippen LogP contribution in [0.4, 0.5) is 5.69 Å². The molecule has 2 aromatic rings. The molecule has 2 aromatic carbocycles. The number of ketones is 1. The largest absolute Gasteiger partial charge is 0.454 e. The Morgan fingerprint density at radius 3 is 2.20 bits per heavy atom. The Hall–Kier alpha value is -2.95. The van der Waals surface area contributed by atoms with Crippen molar-refractivity contribution in [3.8, 4) is 0 Å². The van der Waals surface area contributed by atoms with Gasteiger partial charge in [-0.05, 0) is 30.4 Å². The lowest BCUT2D eigenvalue weighted by atomic mass is 10.0. The minimum atomic E-state index is -0.835. The minimum Gasteiger partial charge on any atom is -0.454 e. The summed E-state index contributed by atoms with van der Waals surface area (Å²) in [7, 11) is 0. The van der Waals surface area contributed by atoms with Crippen molar-refractivity contribution in [2.24, 2.45) is 5.92 Å². The van der Waals surface area contributed by atoms with E-state index in [1.54, 1.807) is 29.2 Å². The fourth-order valence-electron chi connectivity index (χ4n) is 3.99. The van der Waals surface area contributed by atoms with Gasteiger partial charge in [0.1, 0.15) is 0 Å². The van der Waals surface area contributed by atoms with Gasteiger partial charge in [-0.15, -0.1) is 0 Å². The molecule has 158 valence electrons. The van der Waals surface area contributed by atoms with Crippen molar-refractivity contribution in [1.82, 2.24) is 0 Å². The number of Topliss-reactive ketones (excluding diaryl/α,β-unsaturated/α-hetero) is 1. The van der Waals surface area contributed by atoms with E-state index in [2.05, 4.69) is 13.8 Å². The molecule has 0 aliphatic carbocycles. The second kappa shape index (κ2) is 9.70. The van der Waals surface area contributed by atoms with Crippen LogP contribution in [-0.2, 0) is 27.2 Å². The highest BCUT2D eigenvalue weighted by molar-refractivity contribution is 6.02. The second-order valence-electron chi connectivity index (χ2n) is 7.60. The first-order chi connectivity index (χ1) is 14.5. The molecule has 1 fully saturated rings. The number of hydrogen-bond donors (Lipinski definition) is 0. The van der Waals surface area contributed by atoms with Crippen LogP contribution in [0, 0.1) is 5.92 Å². The Balaban J connectivity index is 1.75. The SMILES string of the molecule is CCc1cccc(CC)c1N1C[C@@H](C(=O)O[C@@H](CC)C(=O)c2ccccc2)CC1=O. The zero-order chi connectivity index (χ0) is 21.7. The normalized spacial score (nSPS) is 17.1. The van der Waals surface area contributed by atoms with E-state index in [-0.39, 0.29) is 24.7 Å². The molecule has 3 rings (SSSR count). The predicted octanol–water partition coefficient (Wildman–Crippen LogP) is 4.37. The number of carbonyl (C=O) groups is 3. The number of nitrogens with zero attached hydrogens (tertiary/aromatic N) is 1. The van der Waals surface area contributed by atoms with E-state index >= 15 is 0 Å². The Morgan fingerprint density at radius 2 is 1.63 bits per heavy atom. The van der Waals surface area contributed by atoms with Crippen molar-refractivity contribution in [1.29, 1.82) is 0 Å². The van der Waals surface area contributed by atoms with Gasteiger partial charge in [-0.2, -0.15) is 0 Å². The number of aryl methyl sites for hydroxylation is 2. The maximum absolute atomic E-state index is 12.8. The fourth-order valence-corrected chi connectivity index (χ4v) is 3.99. The van der Waals surface area contributed by atoms with Gasteiger partial charge in [-0.25, -0.2) is 0 Å². The predicted molar refractivity (Wildman–Crippen MR) is 117 cm³/mol. The molecule has 0 spiro atoms. The van der Waals surface area contributed by atoms with Crippen LogP contribution in [0.25, 0.3) is 0 Å². The van der Waals surface area contributed by atoms with Crippen LogP contribution >= 0.6 is 0 Å². The molecule has 0 N–H and O–H groups in total. The van der Waals surface area contributed by atoms with Crippen molar-refractivity contribution >= 4 is 23.3 Å². The Bertz CT molecular complexity index is 900. The third-order valence-electron chi connectivity index (χ3n) is 5.67. The molecule has 1 amide bonds. The number of esters is 1. The standard InChI is InChI=1S/C25H29NO4/c1-4-17-13-10-14-18(5-2)23(17)26-16-20(15-22(26)27)25(29)30-21(6-3)24(28)19-11-8-7-9-12-19/h7-14,20-21H,4-6,15-16H2,1-3H3/t20-,21-/m0/s1. The van der Waals surface area contributed by atoms with E-state index in [9.17, 15) is 14.4 Å². The quantitative estimate of drug-likeness (QED) is 0.482. The van der Waals surface area contributed by atoms with E-state index < -0.39 is 18.0 Å². The van der Waals surface area contributed by atoms with Crippen LogP contribution in [-0.4, -0.2) is 30.3 Å². The summed E-state index contributed by atoms with van der Waals surface area (Å²) in [5.41, 5.74) is 3.64. The maximum Gasteiger partial charge on any atom is 0.312 e. The molecule has 1 aliphatic rings. The highest BCUT2D eigenvalue weighted by Crippen LogP contribution is 2.33. The summed E-state index contributed by atoms with van der Waals surface area (Å²) < 4.78 is 5.58. The maximum atomic E-state index is 12.8. The Labute approximate surface area is 178 Å². The summed E-state index contributed by atoms with van der Waals surface area (Å²) >= 11 is 0. The number of para-hydroxylation sites is 1. The van der Waals surface area contributed by atoms with Gasteiger partial charge in [0.2, 0.25) is 11.7 Å². The fraction of sp³-hybridized carbons (Fsp3) is 0.400. The molecule has 1 aliphatic heterocycles. The van der Waals surface area contributed by atoms with E-state index in [0.717, 1.165) is 29.7 Å². The molecule has 5 heteroatoms. The number of hydrogen-bond acceptors (Lipinski definition) is 4. The van der Waals surface area contributed by atoms with Crippen LogP contribution in [0.15, 0.2) is 48.5 Å². The van der Waals surface area contributed by atoms with Gasteiger partial charge in [0.25, 0.3) is 0 Å². The lowest BCUT2D eigenvalue weighted by molar-refractivity contribution is -0.151. The van der Waals surface area contributed by atoms with Gasteiger partial charge in [0, 0.05) is 24.2 Å². The van der Waals surface area contributed by atoms with Gasteiger partial charge in [0.05, 0.1) is 5.92 Å². The topological polar surface area (TPSA) is 63.7 Å². The minimum absolute atomic E-state index is 0.0741. The number of rotatable bonds is 8. The van der Waals surface area contributed by atoms with Gasteiger partial charge in [-0.3, -0.25) is 14.4 Å². The highest BCUT2D eigenvalue weighted by atomic mass is 16.5. The van der Waals surface area contributed by atoms with Crippen LogP contribution in [0.2, 0.25) is 0 Å². The lowest BCUT2D eigenvalue weighted by Crippen LogP contribution is -2.32. The third kappa shape index (κ3) is 4.45. The van der Waals surface area contributed by atoms with Crippen molar-refractivity contribution in [2.45, 2.75) is 52.6 Å². The monoisotopic (exact) mass is 407 g/mol. The molecule has 0 unspecified atom stereocenters. The van der Waals surface area contributed by atoms with Gasteiger partial charge >= 0.3 is 5.97 Å².